The number of piperidine rings is 1. The molecule has 1 heterocycles. The zero-order valence-corrected chi connectivity index (χ0v) is 11.3. The van der Waals surface area contributed by atoms with E-state index in [1.165, 1.54) is 17.7 Å². The molecule has 3 fully saturated rings. The van der Waals surface area contributed by atoms with E-state index in [1.807, 2.05) is 0 Å². The molecule has 1 amide bonds. The van der Waals surface area contributed by atoms with Gasteiger partial charge in [0, 0.05) is 31.8 Å². The van der Waals surface area contributed by atoms with Crippen molar-refractivity contribution in [3.63, 3.8) is 0 Å². The number of carbonyl (C=O) groups excluding carboxylic acids is 1. The first-order valence-corrected chi connectivity index (χ1v) is 7.41. The van der Waals surface area contributed by atoms with Crippen LogP contribution < -0.4 is 0 Å². The van der Waals surface area contributed by atoms with Gasteiger partial charge in [-0.25, -0.2) is 0 Å². The molecular formula is C14H20F3NO2. The van der Waals surface area contributed by atoms with Crippen molar-refractivity contribution in [1.29, 1.82) is 0 Å². The van der Waals surface area contributed by atoms with Gasteiger partial charge in [-0.05, 0) is 24.7 Å². The topological polar surface area (TPSA) is 40.5 Å². The van der Waals surface area contributed by atoms with E-state index in [-0.39, 0.29) is 24.9 Å². The molecule has 2 aliphatic carbocycles. The Morgan fingerprint density at radius 2 is 1.60 bits per heavy atom. The van der Waals surface area contributed by atoms with Crippen molar-refractivity contribution >= 4 is 5.91 Å². The fourth-order valence-electron chi connectivity index (χ4n) is 3.95. The number of amides is 1. The van der Waals surface area contributed by atoms with Crippen molar-refractivity contribution in [3.05, 3.63) is 0 Å². The van der Waals surface area contributed by atoms with Crippen LogP contribution in [-0.4, -0.2) is 40.8 Å². The Kier molecular flexibility index (Phi) is 3.27. The average Bonchev–Trinajstić information content (AvgIpc) is 3.12. The van der Waals surface area contributed by atoms with Crippen LogP contribution in [-0.2, 0) is 4.79 Å². The highest BCUT2D eigenvalue weighted by Crippen LogP contribution is 2.56. The fraction of sp³-hybridized carbons (Fsp3) is 0.929. The van der Waals surface area contributed by atoms with Crippen LogP contribution in [0.1, 0.15) is 38.5 Å². The summed E-state index contributed by atoms with van der Waals surface area (Å²) >= 11 is 0. The maximum atomic E-state index is 12.7. The predicted molar refractivity (Wildman–Crippen MR) is 65.8 cm³/mol. The highest BCUT2D eigenvalue weighted by Gasteiger charge is 2.58. The minimum absolute atomic E-state index is 0.0186. The molecule has 0 aromatic rings. The van der Waals surface area contributed by atoms with Gasteiger partial charge in [0.2, 0.25) is 5.91 Å². The first-order valence-electron chi connectivity index (χ1n) is 7.41. The molecule has 2 unspecified atom stereocenters. The second-order valence-electron chi connectivity index (χ2n) is 6.49. The normalized spacial score (nSPS) is 36.4. The van der Waals surface area contributed by atoms with E-state index >= 15 is 0 Å². The Balaban J connectivity index is 1.58. The average molecular weight is 291 g/mol. The number of hydrogen-bond donors (Lipinski definition) is 1. The molecule has 0 spiro atoms. The van der Waals surface area contributed by atoms with Crippen LogP contribution in [0.15, 0.2) is 0 Å². The summed E-state index contributed by atoms with van der Waals surface area (Å²) in [7, 11) is 0. The quantitative estimate of drug-likeness (QED) is 0.805. The van der Waals surface area contributed by atoms with E-state index < -0.39 is 24.6 Å². The second-order valence-corrected chi connectivity index (χ2v) is 6.49. The van der Waals surface area contributed by atoms with Crippen LogP contribution in [0.4, 0.5) is 13.2 Å². The molecule has 1 N–H and O–H groups in total. The number of rotatable bonds is 1. The number of halogens is 3. The summed E-state index contributed by atoms with van der Waals surface area (Å²) < 4.78 is 38.1. The molecule has 2 saturated carbocycles. The molecule has 1 aliphatic heterocycles. The van der Waals surface area contributed by atoms with Crippen molar-refractivity contribution in [3.8, 4) is 0 Å². The lowest BCUT2D eigenvalue weighted by Gasteiger charge is -2.39. The van der Waals surface area contributed by atoms with Gasteiger partial charge in [-0.3, -0.25) is 4.79 Å². The van der Waals surface area contributed by atoms with Gasteiger partial charge in [0.05, 0.1) is 0 Å². The molecule has 0 aromatic heterocycles. The predicted octanol–water partition coefficient (Wildman–Crippen LogP) is 2.34. The minimum Gasteiger partial charge on any atom is -0.380 e. The summed E-state index contributed by atoms with van der Waals surface area (Å²) in [5, 5.41) is 9.60. The molecule has 20 heavy (non-hydrogen) atoms. The standard InChI is InChI=1S/C14H20F3NO2/c15-14(16,17)13(20)5-7-18(8-6-13)12(19)11-9-3-1-2-4-10(9)11/h9-11,20H,1-8H2. The van der Waals surface area contributed by atoms with Crippen LogP contribution in [0, 0.1) is 17.8 Å². The van der Waals surface area contributed by atoms with Gasteiger partial charge >= 0.3 is 6.18 Å². The Morgan fingerprint density at radius 1 is 1.10 bits per heavy atom. The SMILES string of the molecule is O=C(C1C2CCCCC21)N1CCC(O)(C(F)(F)F)CC1. The van der Waals surface area contributed by atoms with Gasteiger partial charge in [-0.15, -0.1) is 0 Å². The first-order chi connectivity index (χ1) is 9.33. The molecule has 3 aliphatic rings. The number of fused-ring (bicyclic) bond motifs is 1. The van der Waals surface area contributed by atoms with Crippen LogP contribution in [0.5, 0.6) is 0 Å². The zero-order valence-electron chi connectivity index (χ0n) is 11.3. The van der Waals surface area contributed by atoms with Crippen molar-refractivity contribution in [2.75, 3.05) is 13.1 Å². The lowest BCUT2D eigenvalue weighted by Crippen LogP contribution is -2.54. The fourth-order valence-corrected chi connectivity index (χ4v) is 3.95. The zero-order chi connectivity index (χ0) is 14.5. The highest BCUT2D eigenvalue weighted by molar-refractivity contribution is 5.82. The molecular weight excluding hydrogens is 271 g/mol. The molecule has 114 valence electrons. The highest BCUT2D eigenvalue weighted by atomic mass is 19.4. The van der Waals surface area contributed by atoms with E-state index in [0.29, 0.717) is 11.8 Å². The van der Waals surface area contributed by atoms with Crippen molar-refractivity contribution in [2.45, 2.75) is 50.3 Å². The van der Waals surface area contributed by atoms with Crippen molar-refractivity contribution in [1.82, 2.24) is 4.90 Å². The number of nitrogens with zero attached hydrogens (tertiary/aromatic N) is 1. The van der Waals surface area contributed by atoms with Crippen LogP contribution in [0.25, 0.3) is 0 Å². The van der Waals surface area contributed by atoms with Gasteiger partial charge in [0.1, 0.15) is 0 Å². The maximum Gasteiger partial charge on any atom is 0.417 e. The monoisotopic (exact) mass is 291 g/mol. The van der Waals surface area contributed by atoms with E-state index in [9.17, 15) is 23.1 Å². The number of carbonyl (C=O) groups is 1. The Labute approximate surface area is 116 Å². The third-order valence-electron chi connectivity index (χ3n) is 5.37. The van der Waals surface area contributed by atoms with Crippen LogP contribution >= 0.6 is 0 Å². The first kappa shape index (κ1) is 14.2. The molecule has 0 bridgehead atoms. The molecule has 3 nitrogen and oxygen atoms in total. The lowest BCUT2D eigenvalue weighted by atomic mass is 9.90. The van der Waals surface area contributed by atoms with Crippen LogP contribution in [0.2, 0.25) is 0 Å². The summed E-state index contributed by atoms with van der Waals surface area (Å²) in [5.41, 5.74) is -2.61. The van der Waals surface area contributed by atoms with E-state index in [0.717, 1.165) is 12.8 Å². The summed E-state index contributed by atoms with van der Waals surface area (Å²) in [6.45, 7) is 0.0373. The number of aliphatic hydroxyl groups is 1. The van der Waals surface area contributed by atoms with E-state index in [1.54, 1.807) is 0 Å². The summed E-state index contributed by atoms with van der Waals surface area (Å²) in [6, 6.07) is 0. The van der Waals surface area contributed by atoms with Crippen molar-refractivity contribution < 1.29 is 23.1 Å². The summed E-state index contributed by atoms with van der Waals surface area (Å²) in [6.07, 6.45) is -0.898. The Bertz CT molecular complexity index is 390. The largest absolute Gasteiger partial charge is 0.417 e. The molecule has 0 radical (unpaired) electrons. The van der Waals surface area contributed by atoms with Crippen LogP contribution in [0.3, 0.4) is 0 Å². The molecule has 1 saturated heterocycles. The lowest BCUT2D eigenvalue weighted by molar-refractivity contribution is -0.272. The second kappa shape index (κ2) is 4.61. The Hall–Kier alpha value is -0.780. The van der Waals surface area contributed by atoms with Gasteiger partial charge < -0.3 is 10.0 Å². The van der Waals surface area contributed by atoms with E-state index in [4.69, 9.17) is 0 Å². The third-order valence-corrected chi connectivity index (χ3v) is 5.37. The Morgan fingerprint density at radius 3 is 2.05 bits per heavy atom. The molecule has 3 rings (SSSR count). The minimum atomic E-state index is -4.60. The smallest absolute Gasteiger partial charge is 0.380 e. The van der Waals surface area contributed by atoms with Crippen molar-refractivity contribution in [2.24, 2.45) is 17.8 Å². The maximum absolute atomic E-state index is 12.7. The number of hydrogen-bond acceptors (Lipinski definition) is 2. The third kappa shape index (κ3) is 2.22. The van der Waals surface area contributed by atoms with Gasteiger partial charge in [0.15, 0.2) is 5.60 Å². The summed E-state index contributed by atoms with van der Waals surface area (Å²) in [5.74, 6) is 1.01. The molecule has 6 heteroatoms. The molecule has 0 aromatic carbocycles. The van der Waals surface area contributed by atoms with E-state index in [2.05, 4.69) is 0 Å². The number of alkyl halides is 3. The summed E-state index contributed by atoms with van der Waals surface area (Å²) in [4.78, 5) is 13.9. The van der Waals surface area contributed by atoms with Gasteiger partial charge in [-0.1, -0.05) is 12.8 Å². The molecule has 2 atom stereocenters. The number of likely N-dealkylation sites (tertiary alicyclic amines) is 1. The van der Waals surface area contributed by atoms with Gasteiger partial charge in [0.25, 0.3) is 0 Å². The van der Waals surface area contributed by atoms with Gasteiger partial charge in [-0.2, -0.15) is 13.2 Å².